The van der Waals surface area contributed by atoms with Gasteiger partial charge in [-0.3, -0.25) is 19.3 Å². The molecule has 1 aliphatic heterocycles. The second kappa shape index (κ2) is 4.45. The monoisotopic (exact) mass is 216 g/mol. The molecule has 0 aromatic heterocycles. The number of rotatable bonds is 3. The molecule has 0 spiro atoms. The molecule has 0 bridgehead atoms. The Morgan fingerprint density at radius 1 is 1.57 bits per heavy atom. The SMILES string of the molecule is CC(C)NC(=O)CN1C(=O)CSC1=O. The lowest BCUT2D eigenvalue weighted by atomic mass is 10.4. The summed E-state index contributed by atoms with van der Waals surface area (Å²) in [7, 11) is 0. The minimum absolute atomic E-state index is 0.0166. The summed E-state index contributed by atoms with van der Waals surface area (Å²) in [6.07, 6.45) is 0. The lowest BCUT2D eigenvalue weighted by Crippen LogP contribution is -2.41. The van der Waals surface area contributed by atoms with Crippen molar-refractivity contribution in [3.63, 3.8) is 0 Å². The molecule has 0 aromatic carbocycles. The Balaban J connectivity index is 2.47. The lowest BCUT2D eigenvalue weighted by Gasteiger charge is -2.13. The Kier molecular flexibility index (Phi) is 3.51. The highest BCUT2D eigenvalue weighted by Gasteiger charge is 2.31. The average Bonchev–Trinajstić information content (AvgIpc) is 2.34. The van der Waals surface area contributed by atoms with Crippen molar-refractivity contribution in [2.75, 3.05) is 12.3 Å². The van der Waals surface area contributed by atoms with E-state index in [0.717, 1.165) is 16.7 Å². The van der Waals surface area contributed by atoms with Gasteiger partial charge in [0.1, 0.15) is 6.54 Å². The predicted molar refractivity (Wildman–Crippen MR) is 52.8 cm³/mol. The van der Waals surface area contributed by atoms with Crippen LogP contribution in [0.1, 0.15) is 13.8 Å². The first-order chi connectivity index (χ1) is 6.50. The minimum Gasteiger partial charge on any atom is -0.352 e. The number of thioether (sulfide) groups is 1. The third-order valence-electron chi connectivity index (χ3n) is 1.59. The summed E-state index contributed by atoms with van der Waals surface area (Å²) in [5, 5.41) is 2.28. The number of nitrogens with one attached hydrogen (secondary N) is 1. The molecule has 1 rings (SSSR count). The van der Waals surface area contributed by atoms with Gasteiger partial charge >= 0.3 is 0 Å². The van der Waals surface area contributed by atoms with Crippen LogP contribution in [0.3, 0.4) is 0 Å². The standard InChI is InChI=1S/C8H12N2O3S/c1-5(2)9-6(11)3-10-7(12)4-14-8(10)13/h5H,3-4H2,1-2H3,(H,9,11). The fraction of sp³-hybridized carbons (Fsp3) is 0.625. The second-order valence-electron chi connectivity index (χ2n) is 3.26. The Morgan fingerprint density at radius 2 is 2.21 bits per heavy atom. The lowest BCUT2D eigenvalue weighted by molar-refractivity contribution is -0.130. The Morgan fingerprint density at radius 3 is 2.64 bits per heavy atom. The summed E-state index contributed by atoms with van der Waals surface area (Å²) < 4.78 is 0. The molecule has 78 valence electrons. The Hall–Kier alpha value is -1.04. The fourth-order valence-electron chi connectivity index (χ4n) is 1.05. The third kappa shape index (κ3) is 2.73. The van der Waals surface area contributed by atoms with E-state index in [1.54, 1.807) is 0 Å². The maximum atomic E-state index is 11.2. The van der Waals surface area contributed by atoms with Gasteiger partial charge in [-0.25, -0.2) is 0 Å². The van der Waals surface area contributed by atoms with Crippen LogP contribution in [0.4, 0.5) is 4.79 Å². The summed E-state index contributed by atoms with van der Waals surface area (Å²) >= 11 is 0.932. The normalized spacial score (nSPS) is 16.6. The highest BCUT2D eigenvalue weighted by molar-refractivity contribution is 8.14. The van der Waals surface area contributed by atoms with Gasteiger partial charge in [0, 0.05) is 6.04 Å². The van der Waals surface area contributed by atoms with Crippen molar-refractivity contribution in [3.05, 3.63) is 0 Å². The van der Waals surface area contributed by atoms with Crippen LogP contribution >= 0.6 is 11.8 Å². The van der Waals surface area contributed by atoms with E-state index < -0.39 is 0 Å². The number of amides is 3. The summed E-state index contributed by atoms with van der Waals surface area (Å²) in [6, 6.07) is 0.0166. The molecule has 1 N–H and O–H groups in total. The predicted octanol–water partition coefficient (Wildman–Crippen LogP) is 0.206. The molecule has 0 aromatic rings. The number of nitrogens with zero attached hydrogens (tertiary/aromatic N) is 1. The van der Waals surface area contributed by atoms with E-state index in [-0.39, 0.29) is 35.4 Å². The Bertz CT molecular complexity index is 262. The van der Waals surface area contributed by atoms with Crippen LogP contribution in [0, 0.1) is 0 Å². The topological polar surface area (TPSA) is 66.5 Å². The van der Waals surface area contributed by atoms with Crippen LogP contribution in [-0.2, 0) is 9.59 Å². The van der Waals surface area contributed by atoms with Crippen molar-refractivity contribution in [1.82, 2.24) is 10.2 Å². The van der Waals surface area contributed by atoms with E-state index in [1.165, 1.54) is 0 Å². The van der Waals surface area contributed by atoms with Crippen molar-refractivity contribution >= 4 is 28.8 Å². The number of carbonyl (C=O) groups is 3. The molecule has 0 radical (unpaired) electrons. The number of carbonyl (C=O) groups excluding carboxylic acids is 3. The summed E-state index contributed by atoms with van der Waals surface area (Å²) in [5.41, 5.74) is 0. The molecule has 0 unspecified atom stereocenters. The first kappa shape index (κ1) is 11.0. The molecule has 1 fully saturated rings. The van der Waals surface area contributed by atoms with E-state index in [9.17, 15) is 14.4 Å². The summed E-state index contributed by atoms with van der Waals surface area (Å²) in [5.74, 6) is -0.448. The minimum atomic E-state index is -0.339. The molecule has 0 atom stereocenters. The van der Waals surface area contributed by atoms with Crippen LogP contribution in [0.15, 0.2) is 0 Å². The van der Waals surface area contributed by atoms with Gasteiger partial charge in [-0.05, 0) is 13.8 Å². The molecule has 1 saturated heterocycles. The van der Waals surface area contributed by atoms with Gasteiger partial charge in [0.15, 0.2) is 0 Å². The third-order valence-corrected chi connectivity index (χ3v) is 2.45. The maximum Gasteiger partial charge on any atom is 0.289 e. The zero-order valence-electron chi connectivity index (χ0n) is 8.07. The van der Waals surface area contributed by atoms with Crippen LogP contribution in [-0.4, -0.2) is 40.3 Å². The number of imide groups is 1. The summed E-state index contributed by atoms with van der Waals surface area (Å²) in [6.45, 7) is 3.48. The highest BCUT2D eigenvalue weighted by Crippen LogP contribution is 2.17. The van der Waals surface area contributed by atoms with E-state index in [2.05, 4.69) is 5.32 Å². The summed E-state index contributed by atoms with van der Waals surface area (Å²) in [4.78, 5) is 34.4. The van der Waals surface area contributed by atoms with Gasteiger partial charge in [0.05, 0.1) is 5.75 Å². The van der Waals surface area contributed by atoms with Crippen molar-refractivity contribution in [2.45, 2.75) is 19.9 Å². The molecular weight excluding hydrogens is 204 g/mol. The van der Waals surface area contributed by atoms with Crippen LogP contribution in [0.5, 0.6) is 0 Å². The van der Waals surface area contributed by atoms with Crippen molar-refractivity contribution < 1.29 is 14.4 Å². The van der Waals surface area contributed by atoms with E-state index in [4.69, 9.17) is 0 Å². The molecule has 0 saturated carbocycles. The van der Waals surface area contributed by atoms with Gasteiger partial charge < -0.3 is 5.32 Å². The van der Waals surface area contributed by atoms with Crippen LogP contribution < -0.4 is 5.32 Å². The van der Waals surface area contributed by atoms with E-state index in [1.807, 2.05) is 13.8 Å². The largest absolute Gasteiger partial charge is 0.352 e. The first-order valence-electron chi connectivity index (χ1n) is 4.27. The van der Waals surface area contributed by atoms with E-state index in [0.29, 0.717) is 0 Å². The molecule has 14 heavy (non-hydrogen) atoms. The molecule has 6 heteroatoms. The quantitative estimate of drug-likeness (QED) is 0.732. The molecule has 1 heterocycles. The van der Waals surface area contributed by atoms with Crippen LogP contribution in [0.2, 0.25) is 0 Å². The van der Waals surface area contributed by atoms with Crippen molar-refractivity contribution in [3.8, 4) is 0 Å². The number of hydrogen-bond acceptors (Lipinski definition) is 4. The molecular formula is C8H12N2O3S. The van der Waals surface area contributed by atoms with Crippen molar-refractivity contribution in [1.29, 1.82) is 0 Å². The molecule has 0 aliphatic carbocycles. The zero-order chi connectivity index (χ0) is 10.7. The van der Waals surface area contributed by atoms with E-state index >= 15 is 0 Å². The fourth-order valence-corrected chi connectivity index (χ4v) is 1.77. The average molecular weight is 216 g/mol. The zero-order valence-corrected chi connectivity index (χ0v) is 8.89. The molecule has 3 amide bonds. The molecule has 1 aliphatic rings. The van der Waals surface area contributed by atoms with Gasteiger partial charge in [-0.2, -0.15) is 0 Å². The Labute approximate surface area is 86.2 Å². The number of hydrogen-bond donors (Lipinski definition) is 1. The van der Waals surface area contributed by atoms with Crippen molar-refractivity contribution in [2.24, 2.45) is 0 Å². The van der Waals surface area contributed by atoms with Gasteiger partial charge in [-0.15, -0.1) is 0 Å². The van der Waals surface area contributed by atoms with Crippen LogP contribution in [0.25, 0.3) is 0 Å². The smallest absolute Gasteiger partial charge is 0.289 e. The first-order valence-corrected chi connectivity index (χ1v) is 5.25. The van der Waals surface area contributed by atoms with Gasteiger partial charge in [0.25, 0.3) is 5.24 Å². The van der Waals surface area contributed by atoms with Gasteiger partial charge in [-0.1, -0.05) is 11.8 Å². The molecule has 5 nitrogen and oxygen atoms in total. The van der Waals surface area contributed by atoms with Gasteiger partial charge in [0.2, 0.25) is 11.8 Å². The maximum absolute atomic E-state index is 11.2. The highest BCUT2D eigenvalue weighted by atomic mass is 32.2. The second-order valence-corrected chi connectivity index (χ2v) is 4.18.